The van der Waals surface area contributed by atoms with Gasteiger partial charge in [-0.05, 0) is 62.6 Å². The number of hydrogen-bond acceptors (Lipinski definition) is 7. The lowest BCUT2D eigenvalue weighted by Crippen LogP contribution is -2.60. The van der Waals surface area contributed by atoms with Crippen molar-refractivity contribution in [2.75, 3.05) is 6.54 Å². The molecule has 10 heteroatoms. The lowest BCUT2D eigenvalue weighted by atomic mass is 9.85. The summed E-state index contributed by atoms with van der Waals surface area (Å²) in [4.78, 5) is 69.1. The minimum Gasteiger partial charge on any atom is -0.344 e. The van der Waals surface area contributed by atoms with Gasteiger partial charge in [0.25, 0.3) is 5.91 Å². The first kappa shape index (κ1) is 37.0. The normalized spacial score (nSPS) is 15.7. The number of nitrogens with zero attached hydrogens (tertiary/aromatic N) is 2. The van der Waals surface area contributed by atoms with Crippen LogP contribution in [0.2, 0.25) is 0 Å². The highest BCUT2D eigenvalue weighted by Gasteiger charge is 2.40. The molecule has 3 unspecified atom stereocenters. The van der Waals surface area contributed by atoms with E-state index >= 15 is 0 Å². The summed E-state index contributed by atoms with van der Waals surface area (Å²) in [5.41, 5.74) is 7.22. The lowest BCUT2D eigenvalue weighted by Gasteiger charge is -2.38. The number of carbonyl (C=O) groups is 5. The van der Waals surface area contributed by atoms with Gasteiger partial charge in [-0.25, -0.2) is 0 Å². The average Bonchev–Trinajstić information content (AvgIpc) is 3.58. The summed E-state index contributed by atoms with van der Waals surface area (Å²) in [7, 11) is 0. The van der Waals surface area contributed by atoms with Crippen LogP contribution in [0.15, 0.2) is 66.9 Å². The molecule has 3 aromatic rings. The van der Waals surface area contributed by atoms with Crippen molar-refractivity contribution in [2.24, 2.45) is 17.1 Å². The second-order valence-corrected chi connectivity index (χ2v) is 13.4. The smallest absolute Gasteiger partial charge is 0.252 e. The van der Waals surface area contributed by atoms with Crippen LogP contribution in [0.5, 0.6) is 0 Å². The van der Waals surface area contributed by atoms with Gasteiger partial charge in [0.1, 0.15) is 12.1 Å². The number of pyridine rings is 1. The average molecular weight is 644 g/mol. The number of Topliss-reactive ketones (excluding diaryl/α,β-unsaturated/α-hetero) is 1. The van der Waals surface area contributed by atoms with E-state index in [9.17, 15) is 24.0 Å². The van der Waals surface area contributed by atoms with Crippen molar-refractivity contribution in [3.05, 3.63) is 78.0 Å². The topological polar surface area (TPSA) is 152 Å². The van der Waals surface area contributed by atoms with Gasteiger partial charge in [-0.2, -0.15) is 0 Å². The Hall–Kier alpha value is -4.44. The van der Waals surface area contributed by atoms with E-state index in [4.69, 9.17) is 5.73 Å². The molecule has 1 aliphatic carbocycles. The van der Waals surface area contributed by atoms with Gasteiger partial charge in [0, 0.05) is 24.2 Å². The van der Waals surface area contributed by atoms with Gasteiger partial charge < -0.3 is 21.3 Å². The maximum absolute atomic E-state index is 14.1. The first-order valence-corrected chi connectivity index (χ1v) is 16.3. The summed E-state index contributed by atoms with van der Waals surface area (Å²) < 4.78 is 0. The van der Waals surface area contributed by atoms with Gasteiger partial charge >= 0.3 is 0 Å². The Labute approximate surface area is 277 Å². The first-order valence-electron chi connectivity index (χ1n) is 16.3. The van der Waals surface area contributed by atoms with E-state index in [1.54, 1.807) is 19.2 Å². The van der Waals surface area contributed by atoms with E-state index in [1.807, 2.05) is 82.3 Å². The number of nitrogens with one attached hydrogen (secondary N) is 2. The molecular formula is C37H49N5O5. The van der Waals surface area contributed by atoms with Crippen molar-refractivity contribution < 1.29 is 24.0 Å². The number of rotatable bonds is 11. The molecule has 1 fully saturated rings. The van der Waals surface area contributed by atoms with Crippen LogP contribution < -0.4 is 16.4 Å². The van der Waals surface area contributed by atoms with E-state index in [2.05, 4.69) is 15.6 Å². The van der Waals surface area contributed by atoms with E-state index in [-0.39, 0.29) is 24.2 Å². The molecule has 1 aromatic heterocycles. The van der Waals surface area contributed by atoms with E-state index in [1.165, 1.54) is 17.4 Å². The predicted octanol–water partition coefficient (Wildman–Crippen LogP) is 4.77. The number of para-hydroxylation sites is 1. The number of fused-ring (bicyclic) bond motifs is 1. The highest BCUT2D eigenvalue weighted by Crippen LogP contribution is 2.29. The molecule has 0 radical (unpaired) electrons. The Bertz CT molecular complexity index is 1520. The number of benzene rings is 2. The molecule has 0 saturated heterocycles. The maximum Gasteiger partial charge on any atom is 0.252 e. The number of aldehydes is 1. The minimum atomic E-state index is -0.996. The largest absolute Gasteiger partial charge is 0.344 e. The molecule has 3 amide bonds. The Morgan fingerprint density at radius 2 is 1.55 bits per heavy atom. The van der Waals surface area contributed by atoms with Gasteiger partial charge in [-0.1, -0.05) is 82.1 Å². The van der Waals surface area contributed by atoms with Crippen molar-refractivity contribution in [3.63, 3.8) is 0 Å². The zero-order chi connectivity index (χ0) is 34.7. The van der Waals surface area contributed by atoms with E-state index in [0.29, 0.717) is 23.0 Å². The van der Waals surface area contributed by atoms with Crippen LogP contribution in [-0.2, 0) is 19.2 Å². The van der Waals surface area contributed by atoms with Crippen LogP contribution in [0.4, 0.5) is 0 Å². The summed E-state index contributed by atoms with van der Waals surface area (Å²) >= 11 is 0. The monoisotopic (exact) mass is 643 g/mol. The van der Waals surface area contributed by atoms with Crippen molar-refractivity contribution >= 4 is 40.7 Å². The molecule has 1 saturated carbocycles. The second kappa shape index (κ2) is 16.9. The number of nitrogens with two attached hydrogens (primary N) is 1. The van der Waals surface area contributed by atoms with Gasteiger partial charge in [0.15, 0.2) is 6.29 Å². The molecule has 0 aliphatic heterocycles. The van der Waals surface area contributed by atoms with Crippen LogP contribution in [0, 0.1) is 11.3 Å². The molecule has 10 nitrogen and oxygen atoms in total. The van der Waals surface area contributed by atoms with Crippen molar-refractivity contribution in [1.82, 2.24) is 20.5 Å². The van der Waals surface area contributed by atoms with E-state index in [0.717, 1.165) is 25.7 Å². The highest BCUT2D eigenvalue weighted by molar-refractivity contribution is 6.27. The third-order valence-electron chi connectivity index (χ3n) is 8.57. The van der Waals surface area contributed by atoms with Gasteiger partial charge in [0.2, 0.25) is 17.6 Å². The Kier molecular flexibility index (Phi) is 13.3. The van der Waals surface area contributed by atoms with Crippen LogP contribution in [-0.4, -0.2) is 64.3 Å². The van der Waals surface area contributed by atoms with Gasteiger partial charge in [-0.15, -0.1) is 0 Å². The van der Waals surface area contributed by atoms with Crippen LogP contribution in [0.3, 0.4) is 0 Å². The molecular weight excluding hydrogens is 594 g/mol. The van der Waals surface area contributed by atoms with Crippen molar-refractivity contribution in [1.29, 1.82) is 0 Å². The number of hydrogen-bond donors (Lipinski definition) is 3. The van der Waals surface area contributed by atoms with Crippen LogP contribution in [0.25, 0.3) is 10.9 Å². The molecule has 4 N–H and O–H groups in total. The maximum atomic E-state index is 14.1. The summed E-state index contributed by atoms with van der Waals surface area (Å²) in [5.74, 6) is -1.81. The number of aromatic nitrogens is 1. The standard InChI is InChI=1S/C29H38N4O5.C8H11N/c1-18(24(35)17-34)31-26(36)19(2)33(16-20-10-6-7-11-20)28(38)25(29(3,4)5)32-27(37)22-14-15-30-23-13-9-8-12-21(22)23;1-7(9)8-5-3-2-4-6-8/h8-9,12-15,17-20,25H,6-7,10-11,16H2,1-5H3,(H,31,36)(H,32,37);2-7H,9H2,1H3/t;7-/m.0/s1. The van der Waals surface area contributed by atoms with E-state index < -0.39 is 41.1 Å². The highest BCUT2D eigenvalue weighted by atomic mass is 16.2. The molecule has 252 valence electrons. The predicted molar refractivity (Wildman–Crippen MR) is 183 cm³/mol. The molecule has 4 atom stereocenters. The summed E-state index contributed by atoms with van der Waals surface area (Å²) in [5, 5.41) is 6.17. The number of carbonyl (C=O) groups excluding carboxylic acids is 5. The minimum absolute atomic E-state index is 0.159. The molecule has 4 rings (SSSR count). The number of ketones is 1. The molecule has 0 bridgehead atoms. The Morgan fingerprint density at radius 1 is 0.936 bits per heavy atom. The summed E-state index contributed by atoms with van der Waals surface area (Å²) in [6, 6.07) is 16.3. The SMILES string of the molecule is CC(NC(=O)C(C)N(CC1CCCC1)C(=O)C(NC(=O)c1ccnc2ccccc12)C(C)(C)C)C(=O)C=O.C[C@H](N)c1ccccc1. The molecule has 47 heavy (non-hydrogen) atoms. The van der Waals surface area contributed by atoms with Gasteiger partial charge in [-0.3, -0.25) is 29.0 Å². The van der Waals surface area contributed by atoms with Crippen LogP contribution >= 0.6 is 0 Å². The Morgan fingerprint density at radius 3 is 2.13 bits per heavy atom. The third-order valence-corrected chi connectivity index (χ3v) is 8.57. The fourth-order valence-electron chi connectivity index (χ4n) is 5.63. The molecule has 1 aliphatic rings. The summed E-state index contributed by atoms with van der Waals surface area (Å²) in [6.45, 7) is 11.0. The third kappa shape index (κ3) is 10.3. The lowest BCUT2D eigenvalue weighted by molar-refractivity contribution is -0.144. The van der Waals surface area contributed by atoms with Crippen molar-refractivity contribution in [3.8, 4) is 0 Å². The Balaban J connectivity index is 0.000000573. The molecule has 1 heterocycles. The first-order chi connectivity index (χ1) is 22.2. The fraction of sp³-hybridized carbons (Fsp3) is 0.459. The number of amides is 3. The molecule has 0 spiro atoms. The zero-order valence-corrected chi connectivity index (χ0v) is 28.4. The van der Waals surface area contributed by atoms with Crippen LogP contribution in [0.1, 0.15) is 89.2 Å². The van der Waals surface area contributed by atoms with Crippen molar-refractivity contribution in [2.45, 2.75) is 91.4 Å². The van der Waals surface area contributed by atoms with Gasteiger partial charge in [0.05, 0.1) is 17.1 Å². The molecule has 2 aromatic carbocycles. The summed E-state index contributed by atoms with van der Waals surface area (Å²) in [6.07, 6.45) is 5.76. The second-order valence-electron chi connectivity index (χ2n) is 13.4. The fourth-order valence-corrected chi connectivity index (χ4v) is 5.63. The zero-order valence-electron chi connectivity index (χ0n) is 28.4. The quantitative estimate of drug-likeness (QED) is 0.201.